The fourth-order valence-electron chi connectivity index (χ4n) is 6.42. The minimum Gasteiger partial charge on any atom is -0.460 e. The van der Waals surface area contributed by atoms with Crippen LogP contribution in [0.1, 0.15) is 59.3 Å². The Morgan fingerprint density at radius 1 is 1.12 bits per heavy atom. The monoisotopic (exact) mass is 617 g/mol. The zero-order chi connectivity index (χ0) is 29.4. The average molecular weight is 618 g/mol. The van der Waals surface area contributed by atoms with E-state index in [-0.39, 0.29) is 40.2 Å². The number of carbonyl (C=O) groups is 1. The summed E-state index contributed by atoms with van der Waals surface area (Å²) < 4.78 is 52.8. The fraction of sp³-hybridized carbons (Fsp3) is 0.357. The van der Waals surface area contributed by atoms with Crippen molar-refractivity contribution >= 4 is 25.5 Å². The number of hydrogen-bond acceptors (Lipinski definition) is 7. The Balaban J connectivity index is 1.43. The van der Waals surface area contributed by atoms with Crippen LogP contribution in [0.15, 0.2) is 46.1 Å². The molecule has 0 radical (unpaired) electrons. The van der Waals surface area contributed by atoms with Gasteiger partial charge in [0.25, 0.3) is 5.91 Å². The molecule has 3 N–H and O–H groups in total. The lowest BCUT2D eigenvalue weighted by Gasteiger charge is -2.47. The molecule has 2 fully saturated rings. The van der Waals surface area contributed by atoms with Crippen molar-refractivity contribution in [3.05, 3.63) is 80.6 Å². The third kappa shape index (κ3) is 4.55. The molecular formula is C28H26F2N3O7PS. The molecule has 2 aromatic carbocycles. The van der Waals surface area contributed by atoms with Gasteiger partial charge in [-0.15, -0.1) is 11.8 Å². The number of nitrogens with zero attached hydrogens (tertiary/aromatic N) is 2. The Kier molecular flexibility index (Phi) is 6.52. The van der Waals surface area contributed by atoms with Crippen molar-refractivity contribution in [3.8, 4) is 17.0 Å². The first-order chi connectivity index (χ1) is 20.1. The van der Waals surface area contributed by atoms with Crippen LogP contribution in [-0.4, -0.2) is 43.8 Å². The normalized spacial score (nSPS) is 20.1. The highest BCUT2D eigenvalue weighted by molar-refractivity contribution is 7.98. The number of amides is 1. The standard InChI is InChI=1S/C28H26F2N3O7PS/c29-19-11-17(16-10-15-4-1-2-5-22(15)42-13-18(16)24(19)30)20-12-21(34)26(39-14-40-41(36,37)38)25-27(35)32-23(31-33(20)25)6-3-7-28(32)8-9-28/h1-2,4-5,11-12,23,31H,3,6-10,13-14H2,(H2,36,37,38)/t23-/m0/s1. The molecule has 4 aliphatic rings. The molecule has 0 unspecified atom stereocenters. The van der Waals surface area contributed by atoms with Crippen LogP contribution < -0.4 is 15.6 Å². The Bertz CT molecular complexity index is 1760. The van der Waals surface area contributed by atoms with E-state index < -0.39 is 49.5 Å². The molecule has 1 saturated carbocycles. The van der Waals surface area contributed by atoms with Gasteiger partial charge in [0.05, 0.1) is 5.69 Å². The van der Waals surface area contributed by atoms with E-state index in [1.807, 2.05) is 24.3 Å². The molecule has 1 atom stereocenters. The van der Waals surface area contributed by atoms with Gasteiger partial charge in [-0.2, -0.15) is 0 Å². The second-order valence-corrected chi connectivity index (χ2v) is 13.2. The summed E-state index contributed by atoms with van der Waals surface area (Å²) in [5.74, 6) is -2.81. The number of carbonyl (C=O) groups excluding carboxylic acids is 1. The maximum absolute atomic E-state index is 15.2. The van der Waals surface area contributed by atoms with Crippen molar-refractivity contribution in [2.24, 2.45) is 0 Å². The molecule has 0 bridgehead atoms. The molecule has 1 saturated heterocycles. The quantitative estimate of drug-likeness (QED) is 0.280. The van der Waals surface area contributed by atoms with Gasteiger partial charge in [-0.3, -0.25) is 9.59 Å². The van der Waals surface area contributed by atoms with Crippen LogP contribution in [-0.2, 0) is 21.3 Å². The summed E-state index contributed by atoms with van der Waals surface area (Å²) in [4.78, 5) is 48.6. The summed E-state index contributed by atoms with van der Waals surface area (Å²) in [6.07, 6.45) is 3.80. The average Bonchev–Trinajstić information content (AvgIpc) is 3.73. The van der Waals surface area contributed by atoms with Crippen molar-refractivity contribution in [2.45, 2.75) is 60.9 Å². The number of benzene rings is 2. The Labute approximate surface area is 242 Å². The van der Waals surface area contributed by atoms with Gasteiger partial charge in [0, 0.05) is 33.4 Å². The first-order valence-corrected chi connectivity index (χ1v) is 16.0. The highest BCUT2D eigenvalue weighted by Gasteiger charge is 2.57. The van der Waals surface area contributed by atoms with E-state index in [9.17, 15) is 14.2 Å². The molecule has 42 heavy (non-hydrogen) atoms. The number of phosphoric acid groups is 1. The number of rotatable bonds is 5. The maximum atomic E-state index is 15.2. The second-order valence-electron chi connectivity index (χ2n) is 11.0. The predicted molar refractivity (Wildman–Crippen MR) is 149 cm³/mol. The minimum atomic E-state index is -4.93. The molecule has 7 rings (SSSR count). The van der Waals surface area contributed by atoms with Gasteiger partial charge >= 0.3 is 7.82 Å². The molecular weight excluding hydrogens is 591 g/mol. The van der Waals surface area contributed by atoms with Crippen LogP contribution in [0.3, 0.4) is 0 Å². The largest absolute Gasteiger partial charge is 0.472 e. The van der Waals surface area contributed by atoms with Gasteiger partial charge < -0.3 is 24.8 Å². The van der Waals surface area contributed by atoms with Crippen LogP contribution >= 0.6 is 19.6 Å². The molecule has 3 aromatic rings. The lowest BCUT2D eigenvalue weighted by atomic mass is 9.92. The Morgan fingerprint density at radius 2 is 1.90 bits per heavy atom. The summed E-state index contributed by atoms with van der Waals surface area (Å²) in [6, 6.07) is 9.80. The lowest BCUT2D eigenvalue weighted by Crippen LogP contribution is -2.61. The number of hydrogen-bond donors (Lipinski definition) is 3. The molecule has 1 amide bonds. The highest BCUT2D eigenvalue weighted by atomic mass is 32.2. The van der Waals surface area contributed by atoms with Crippen molar-refractivity contribution < 1.29 is 37.2 Å². The van der Waals surface area contributed by atoms with Gasteiger partial charge in [0.15, 0.2) is 17.3 Å². The van der Waals surface area contributed by atoms with E-state index in [1.165, 1.54) is 22.5 Å². The minimum absolute atomic E-state index is 0.154. The smallest absolute Gasteiger partial charge is 0.460 e. The van der Waals surface area contributed by atoms with Gasteiger partial charge in [-0.05, 0) is 61.8 Å². The van der Waals surface area contributed by atoms with E-state index >= 15 is 8.78 Å². The fourth-order valence-corrected chi connectivity index (χ4v) is 7.71. The summed E-state index contributed by atoms with van der Waals surface area (Å²) in [6.45, 7) is -0.984. The van der Waals surface area contributed by atoms with Crippen molar-refractivity contribution in [3.63, 3.8) is 0 Å². The van der Waals surface area contributed by atoms with Crippen LogP contribution in [0.4, 0.5) is 8.78 Å². The van der Waals surface area contributed by atoms with Crippen LogP contribution in [0.25, 0.3) is 11.3 Å². The first-order valence-electron chi connectivity index (χ1n) is 13.5. The molecule has 10 nitrogen and oxygen atoms in total. The zero-order valence-corrected chi connectivity index (χ0v) is 23.9. The molecule has 1 spiro atoms. The topological polar surface area (TPSA) is 130 Å². The van der Waals surface area contributed by atoms with E-state index in [0.717, 1.165) is 42.2 Å². The molecule has 14 heteroatoms. The number of nitrogens with one attached hydrogen (secondary N) is 1. The summed E-state index contributed by atoms with van der Waals surface area (Å²) in [5, 5.41) is 0. The predicted octanol–water partition coefficient (Wildman–Crippen LogP) is 4.48. The molecule has 4 heterocycles. The molecule has 1 aliphatic carbocycles. The van der Waals surface area contributed by atoms with E-state index in [2.05, 4.69) is 9.95 Å². The van der Waals surface area contributed by atoms with Gasteiger partial charge in [0.2, 0.25) is 18.0 Å². The van der Waals surface area contributed by atoms with E-state index in [0.29, 0.717) is 12.0 Å². The van der Waals surface area contributed by atoms with Crippen LogP contribution in [0, 0.1) is 11.6 Å². The summed E-state index contributed by atoms with van der Waals surface area (Å²) in [5.41, 5.74) is 4.02. The van der Waals surface area contributed by atoms with Crippen molar-refractivity contribution in [2.75, 3.05) is 12.2 Å². The number of ether oxygens (including phenoxy) is 1. The number of phosphoric ester groups is 1. The number of aromatic nitrogens is 1. The van der Waals surface area contributed by atoms with Crippen molar-refractivity contribution in [1.29, 1.82) is 0 Å². The van der Waals surface area contributed by atoms with Gasteiger partial charge in [0.1, 0.15) is 6.17 Å². The van der Waals surface area contributed by atoms with Crippen LogP contribution in [0.2, 0.25) is 0 Å². The van der Waals surface area contributed by atoms with Gasteiger partial charge in [-0.25, -0.2) is 22.5 Å². The second kappa shape index (κ2) is 9.92. The Morgan fingerprint density at radius 3 is 2.67 bits per heavy atom. The number of pyridine rings is 1. The number of thioether (sulfide) groups is 1. The zero-order valence-electron chi connectivity index (χ0n) is 22.1. The van der Waals surface area contributed by atoms with Gasteiger partial charge in [-0.1, -0.05) is 18.2 Å². The SMILES string of the molecule is O=C1c2c(OCOP(=O)(O)O)c(=O)cc(-c3cc(F)c(F)c4c3Cc3ccccc3SC4)n2N[C@@H]2CCCC3(CC3)N12. The molecule has 3 aliphatic heterocycles. The third-order valence-electron chi connectivity index (χ3n) is 8.49. The number of fused-ring (bicyclic) bond motifs is 5. The molecule has 220 valence electrons. The first kappa shape index (κ1) is 27.6. The summed E-state index contributed by atoms with van der Waals surface area (Å²) in [7, 11) is -4.93. The highest BCUT2D eigenvalue weighted by Crippen LogP contribution is 2.52. The Hall–Kier alpha value is -3.22. The van der Waals surface area contributed by atoms with Crippen molar-refractivity contribution in [1.82, 2.24) is 9.58 Å². The lowest BCUT2D eigenvalue weighted by molar-refractivity contribution is 0.0332. The number of piperidine rings is 1. The maximum Gasteiger partial charge on any atom is 0.472 e. The van der Waals surface area contributed by atoms with E-state index in [1.54, 1.807) is 4.90 Å². The van der Waals surface area contributed by atoms with E-state index in [4.69, 9.17) is 14.5 Å². The molecule has 1 aromatic heterocycles. The van der Waals surface area contributed by atoms with Crippen LogP contribution in [0.5, 0.6) is 5.75 Å². The third-order valence-corrected chi connectivity index (χ3v) is 10.1. The summed E-state index contributed by atoms with van der Waals surface area (Å²) >= 11 is 1.40. The number of halogens is 2.